The van der Waals surface area contributed by atoms with Crippen molar-refractivity contribution in [3.63, 3.8) is 0 Å². The number of aromatic nitrogens is 3. The summed E-state index contributed by atoms with van der Waals surface area (Å²) in [4.78, 5) is 0. The number of hydrogen-bond acceptors (Lipinski definition) is 3. The molecule has 0 radical (unpaired) electrons. The van der Waals surface area contributed by atoms with Gasteiger partial charge in [0.2, 0.25) is 0 Å². The molecule has 0 atom stereocenters. The van der Waals surface area contributed by atoms with Crippen molar-refractivity contribution in [3.05, 3.63) is 131 Å². The monoisotopic (exact) mass is 391 g/mol. The fraction of sp³-hybridized carbons (Fsp3) is 0.0769. The molecule has 1 aromatic heterocycles. The van der Waals surface area contributed by atoms with Gasteiger partial charge in [-0.2, -0.15) is 0 Å². The maximum Gasteiger partial charge on any atom is 0.140 e. The summed E-state index contributed by atoms with van der Waals surface area (Å²) in [5, 5.41) is 18.7. The molecule has 0 aliphatic heterocycles. The molecule has 0 spiro atoms. The highest BCUT2D eigenvalue weighted by Crippen LogP contribution is 2.41. The van der Waals surface area contributed by atoms with Crippen LogP contribution in [0.2, 0.25) is 0 Å². The third kappa shape index (κ3) is 2.81. The third-order valence-electron chi connectivity index (χ3n) is 5.58. The molecule has 1 N–H and O–H groups in total. The Bertz CT molecular complexity index is 1170. The maximum atomic E-state index is 9.54. The molecular weight excluding hydrogens is 370 g/mol. The second kappa shape index (κ2) is 7.58. The van der Waals surface area contributed by atoms with Gasteiger partial charge >= 0.3 is 0 Å². The first-order valence-electron chi connectivity index (χ1n) is 9.96. The molecule has 0 saturated carbocycles. The van der Waals surface area contributed by atoms with Crippen LogP contribution in [0.4, 0.5) is 0 Å². The zero-order chi connectivity index (χ0) is 20.4. The Morgan fingerprint density at radius 3 is 1.63 bits per heavy atom. The molecule has 0 bridgehead atoms. The number of rotatable bonds is 5. The molecule has 146 valence electrons. The summed E-state index contributed by atoms with van der Waals surface area (Å²) < 4.78 is 2.00. The van der Waals surface area contributed by atoms with Gasteiger partial charge in [-0.25, -0.2) is 4.68 Å². The van der Waals surface area contributed by atoms with E-state index in [1.807, 2.05) is 41.1 Å². The molecule has 1 heterocycles. The third-order valence-corrected chi connectivity index (χ3v) is 5.58. The molecule has 30 heavy (non-hydrogen) atoms. The van der Waals surface area contributed by atoms with Gasteiger partial charge < -0.3 is 5.11 Å². The largest absolute Gasteiger partial charge is 0.392 e. The highest BCUT2D eigenvalue weighted by Gasteiger charge is 2.40. The summed E-state index contributed by atoms with van der Waals surface area (Å²) in [6.45, 7) is -0.0238. The fourth-order valence-corrected chi connectivity index (χ4v) is 4.22. The van der Waals surface area contributed by atoms with Crippen LogP contribution in [0.1, 0.15) is 22.3 Å². The average Bonchev–Trinajstić information content (AvgIpc) is 3.25. The van der Waals surface area contributed by atoms with Gasteiger partial charge in [0, 0.05) is 0 Å². The summed E-state index contributed by atoms with van der Waals surface area (Å²) in [5.41, 5.74) is 5.08. The summed E-state index contributed by atoms with van der Waals surface area (Å²) in [6, 6.07) is 37.0. The lowest BCUT2D eigenvalue weighted by Crippen LogP contribution is -2.38. The lowest BCUT2D eigenvalue weighted by molar-refractivity contribution is 0.282. The summed E-state index contributed by atoms with van der Waals surface area (Å²) in [7, 11) is 0. The molecule has 0 aliphatic rings. The Morgan fingerprint density at radius 2 is 1.17 bits per heavy atom. The first-order valence-corrected chi connectivity index (χ1v) is 9.96. The number of benzene rings is 4. The number of aliphatic hydroxyl groups excluding tert-OH is 1. The highest BCUT2D eigenvalue weighted by molar-refractivity contribution is 5.76. The van der Waals surface area contributed by atoms with Crippen molar-refractivity contribution >= 4 is 11.0 Å². The molecule has 5 rings (SSSR count). The Balaban J connectivity index is 1.92. The molecule has 0 saturated heterocycles. The number of aliphatic hydroxyl groups is 1. The van der Waals surface area contributed by atoms with Gasteiger partial charge in [0.05, 0.1) is 12.1 Å². The van der Waals surface area contributed by atoms with E-state index in [9.17, 15) is 5.11 Å². The van der Waals surface area contributed by atoms with Crippen molar-refractivity contribution in [1.82, 2.24) is 15.0 Å². The van der Waals surface area contributed by atoms with Crippen LogP contribution >= 0.6 is 0 Å². The van der Waals surface area contributed by atoms with Gasteiger partial charge in [0.1, 0.15) is 11.1 Å². The van der Waals surface area contributed by atoms with Gasteiger partial charge in [-0.05, 0) is 34.4 Å². The van der Waals surface area contributed by atoms with Crippen LogP contribution in [0.15, 0.2) is 109 Å². The van der Waals surface area contributed by atoms with Crippen LogP contribution in [0.5, 0.6) is 0 Å². The SMILES string of the molecule is OCc1ccc2c(c1)nnn2C(c1ccccc1)(c1ccccc1)c1ccccc1. The van der Waals surface area contributed by atoms with Crippen LogP contribution in [0.3, 0.4) is 0 Å². The lowest BCUT2D eigenvalue weighted by Gasteiger charge is -2.36. The van der Waals surface area contributed by atoms with E-state index < -0.39 is 5.54 Å². The minimum atomic E-state index is -0.695. The van der Waals surface area contributed by atoms with E-state index in [-0.39, 0.29) is 6.61 Å². The minimum absolute atomic E-state index is 0.0238. The van der Waals surface area contributed by atoms with E-state index in [4.69, 9.17) is 0 Å². The maximum absolute atomic E-state index is 9.54. The quantitative estimate of drug-likeness (QED) is 0.439. The van der Waals surface area contributed by atoms with E-state index in [0.717, 1.165) is 33.3 Å². The van der Waals surface area contributed by atoms with Crippen LogP contribution in [0, 0.1) is 0 Å². The number of nitrogens with zero attached hydrogens (tertiary/aromatic N) is 3. The van der Waals surface area contributed by atoms with Crippen molar-refractivity contribution in [2.45, 2.75) is 12.1 Å². The molecule has 0 unspecified atom stereocenters. The normalized spacial score (nSPS) is 11.6. The molecule has 0 fully saturated rings. The second-order valence-corrected chi connectivity index (χ2v) is 7.29. The second-order valence-electron chi connectivity index (χ2n) is 7.29. The molecular formula is C26H21N3O. The van der Waals surface area contributed by atoms with Crippen molar-refractivity contribution in [3.8, 4) is 0 Å². The molecule has 4 nitrogen and oxygen atoms in total. The number of hydrogen-bond donors (Lipinski definition) is 1. The van der Waals surface area contributed by atoms with Crippen LogP contribution in [-0.2, 0) is 12.1 Å². The average molecular weight is 391 g/mol. The van der Waals surface area contributed by atoms with Gasteiger partial charge in [0.25, 0.3) is 0 Å². The molecule has 4 heteroatoms. The number of fused-ring (bicyclic) bond motifs is 1. The lowest BCUT2D eigenvalue weighted by atomic mass is 9.77. The van der Waals surface area contributed by atoms with Gasteiger partial charge in [0.15, 0.2) is 0 Å². The first-order chi connectivity index (χ1) is 14.8. The smallest absolute Gasteiger partial charge is 0.140 e. The van der Waals surface area contributed by atoms with Gasteiger partial charge in [-0.1, -0.05) is 102 Å². The molecule has 0 aliphatic carbocycles. The molecule has 4 aromatic carbocycles. The topological polar surface area (TPSA) is 50.9 Å². The van der Waals surface area contributed by atoms with Crippen molar-refractivity contribution in [2.24, 2.45) is 0 Å². The van der Waals surface area contributed by atoms with Crippen LogP contribution in [-0.4, -0.2) is 20.1 Å². The predicted molar refractivity (Wildman–Crippen MR) is 118 cm³/mol. The van der Waals surface area contributed by atoms with Gasteiger partial charge in [-0.15, -0.1) is 5.10 Å². The summed E-state index contributed by atoms with van der Waals surface area (Å²) >= 11 is 0. The van der Waals surface area contributed by atoms with E-state index >= 15 is 0 Å². The minimum Gasteiger partial charge on any atom is -0.392 e. The van der Waals surface area contributed by atoms with E-state index in [0.29, 0.717) is 0 Å². The van der Waals surface area contributed by atoms with E-state index in [2.05, 4.69) is 83.1 Å². The predicted octanol–water partition coefficient (Wildman–Crippen LogP) is 4.76. The molecule has 5 aromatic rings. The van der Waals surface area contributed by atoms with Crippen molar-refractivity contribution < 1.29 is 5.11 Å². The Morgan fingerprint density at radius 1 is 0.667 bits per heavy atom. The first kappa shape index (κ1) is 18.3. The highest BCUT2D eigenvalue weighted by atomic mass is 16.3. The van der Waals surface area contributed by atoms with E-state index in [1.165, 1.54) is 0 Å². The van der Waals surface area contributed by atoms with Crippen molar-refractivity contribution in [1.29, 1.82) is 0 Å². The zero-order valence-corrected chi connectivity index (χ0v) is 16.4. The molecule has 0 amide bonds. The standard InChI is InChI=1S/C26H21N3O/c30-19-20-16-17-25-24(18-20)27-28-29(25)26(21-10-4-1-5-11-21,22-12-6-2-7-13-22)23-14-8-3-9-15-23/h1-18,30H,19H2. The zero-order valence-electron chi connectivity index (χ0n) is 16.4. The van der Waals surface area contributed by atoms with Crippen molar-refractivity contribution in [2.75, 3.05) is 0 Å². The fourth-order valence-electron chi connectivity index (χ4n) is 4.22. The summed E-state index contributed by atoms with van der Waals surface area (Å²) in [6.07, 6.45) is 0. The Labute approximate surface area is 175 Å². The van der Waals surface area contributed by atoms with Crippen LogP contribution < -0.4 is 0 Å². The van der Waals surface area contributed by atoms with Gasteiger partial charge in [-0.3, -0.25) is 0 Å². The Kier molecular flexibility index (Phi) is 4.62. The summed E-state index contributed by atoms with van der Waals surface area (Å²) in [5.74, 6) is 0. The Hall–Kier alpha value is -3.76. The van der Waals surface area contributed by atoms with Crippen LogP contribution in [0.25, 0.3) is 11.0 Å². The van der Waals surface area contributed by atoms with E-state index in [1.54, 1.807) is 0 Å².